The van der Waals surface area contributed by atoms with Crippen LogP contribution in [0.3, 0.4) is 0 Å². The van der Waals surface area contributed by atoms with E-state index < -0.39 is 11.9 Å². The average molecular weight is 351 g/mol. The van der Waals surface area contributed by atoms with Crippen LogP contribution in [-0.2, 0) is 4.74 Å². The van der Waals surface area contributed by atoms with E-state index in [-0.39, 0.29) is 10.9 Å². The Balaban J connectivity index is 1.87. The Morgan fingerprint density at radius 1 is 1.39 bits per heavy atom. The highest BCUT2D eigenvalue weighted by molar-refractivity contribution is 7.17. The summed E-state index contributed by atoms with van der Waals surface area (Å²) in [6, 6.07) is 5.14. The molecule has 0 aliphatic rings. The van der Waals surface area contributed by atoms with Crippen molar-refractivity contribution in [1.29, 1.82) is 0 Å². The molecule has 0 saturated heterocycles. The van der Waals surface area contributed by atoms with Crippen molar-refractivity contribution in [3.8, 4) is 0 Å². The predicted octanol–water partition coefficient (Wildman–Crippen LogP) is 3.89. The molecule has 0 spiro atoms. The van der Waals surface area contributed by atoms with E-state index in [4.69, 9.17) is 16.0 Å². The zero-order chi connectivity index (χ0) is 16.6. The third kappa shape index (κ3) is 2.93. The maximum atomic E-state index is 12.4. The molecule has 1 aromatic carbocycles. The predicted molar refractivity (Wildman–Crippen MR) is 87.4 cm³/mol. The lowest BCUT2D eigenvalue weighted by Gasteiger charge is -1.99. The second-order valence-corrected chi connectivity index (χ2v) is 6.14. The zero-order valence-corrected chi connectivity index (χ0v) is 13.7. The van der Waals surface area contributed by atoms with Gasteiger partial charge in [0.1, 0.15) is 10.5 Å². The lowest BCUT2D eigenvalue weighted by atomic mass is 10.1. The fourth-order valence-electron chi connectivity index (χ4n) is 2.09. The van der Waals surface area contributed by atoms with Gasteiger partial charge in [0.2, 0.25) is 0 Å². The van der Waals surface area contributed by atoms with E-state index in [9.17, 15) is 9.59 Å². The third-order valence-electron chi connectivity index (χ3n) is 3.22. The molecule has 8 heteroatoms. The summed E-state index contributed by atoms with van der Waals surface area (Å²) in [4.78, 5) is 28.0. The molecule has 6 nitrogen and oxygen atoms in total. The molecule has 1 N–H and O–H groups in total. The van der Waals surface area contributed by atoms with Crippen LogP contribution in [0.5, 0.6) is 0 Å². The minimum Gasteiger partial charge on any atom is -0.465 e. The number of hydrogen-bond acceptors (Lipinski definition) is 6. The molecule has 0 bridgehead atoms. The number of benzene rings is 1. The van der Waals surface area contributed by atoms with Gasteiger partial charge in [-0.3, -0.25) is 10.1 Å². The van der Waals surface area contributed by atoms with E-state index in [0.717, 1.165) is 16.7 Å². The Kier molecular flexibility index (Phi) is 4.06. The molecule has 0 atom stereocenters. The first kappa shape index (κ1) is 15.5. The van der Waals surface area contributed by atoms with Gasteiger partial charge >= 0.3 is 5.97 Å². The van der Waals surface area contributed by atoms with Crippen molar-refractivity contribution in [3.63, 3.8) is 0 Å². The Morgan fingerprint density at radius 2 is 2.17 bits per heavy atom. The van der Waals surface area contributed by atoms with Crippen LogP contribution in [0.15, 0.2) is 28.8 Å². The van der Waals surface area contributed by atoms with Gasteiger partial charge in [0.15, 0.2) is 10.9 Å². The molecule has 0 fully saturated rings. The first-order valence-electron chi connectivity index (χ1n) is 6.53. The first-order valence-corrected chi connectivity index (χ1v) is 7.73. The minimum absolute atomic E-state index is 0.178. The van der Waals surface area contributed by atoms with Gasteiger partial charge < -0.3 is 9.15 Å². The normalized spacial score (nSPS) is 10.7. The van der Waals surface area contributed by atoms with Crippen LogP contribution in [0, 0.1) is 6.92 Å². The number of nitrogens with zero attached hydrogens (tertiary/aromatic N) is 1. The number of hydrogen-bond donors (Lipinski definition) is 1. The van der Waals surface area contributed by atoms with E-state index >= 15 is 0 Å². The largest absolute Gasteiger partial charge is 0.465 e. The second-order valence-electron chi connectivity index (χ2n) is 4.67. The van der Waals surface area contributed by atoms with Crippen LogP contribution in [-0.4, -0.2) is 24.0 Å². The van der Waals surface area contributed by atoms with Crippen LogP contribution >= 0.6 is 22.9 Å². The van der Waals surface area contributed by atoms with Crippen molar-refractivity contribution in [1.82, 2.24) is 4.98 Å². The van der Waals surface area contributed by atoms with Gasteiger partial charge in [-0.15, -0.1) is 0 Å². The summed E-state index contributed by atoms with van der Waals surface area (Å²) >= 11 is 6.98. The molecule has 1 amide bonds. The smallest absolute Gasteiger partial charge is 0.349 e. The molecule has 0 radical (unpaired) electrons. The van der Waals surface area contributed by atoms with Crippen molar-refractivity contribution in [3.05, 3.63) is 45.6 Å². The summed E-state index contributed by atoms with van der Waals surface area (Å²) in [6.07, 6.45) is 1.34. The molecular formula is C15H11ClN2O4S. The molecule has 0 unspecified atom stereocenters. The average Bonchev–Trinajstić information content (AvgIpc) is 3.12. The van der Waals surface area contributed by atoms with Crippen molar-refractivity contribution in [2.24, 2.45) is 0 Å². The minimum atomic E-state index is -0.502. The summed E-state index contributed by atoms with van der Waals surface area (Å²) in [5.74, 6) is -0.768. The van der Waals surface area contributed by atoms with Crippen molar-refractivity contribution < 1.29 is 18.7 Å². The second kappa shape index (κ2) is 6.02. The standard InChI is InChI=1S/C15H11ClN2O4S/c1-7-9-5-8(16)3-4-10(9)22-12(7)13(19)18-15-17-6-11(23-15)14(20)21-2/h3-6H,1-2H3,(H,17,18,19). The number of anilines is 1. The molecule has 0 aliphatic heterocycles. The zero-order valence-electron chi connectivity index (χ0n) is 12.2. The molecule has 2 aromatic heterocycles. The first-order chi connectivity index (χ1) is 11.0. The van der Waals surface area contributed by atoms with E-state index in [0.29, 0.717) is 21.0 Å². The number of carbonyl (C=O) groups excluding carboxylic acids is 2. The number of rotatable bonds is 3. The molecular weight excluding hydrogens is 340 g/mol. The number of amides is 1. The number of methoxy groups -OCH3 is 1. The van der Waals surface area contributed by atoms with Gasteiger partial charge in [-0.05, 0) is 25.1 Å². The number of aryl methyl sites for hydroxylation is 1. The Bertz CT molecular complexity index is 915. The number of aromatic nitrogens is 1. The SMILES string of the molecule is COC(=O)c1cnc(NC(=O)c2oc3ccc(Cl)cc3c2C)s1. The highest BCUT2D eigenvalue weighted by Gasteiger charge is 2.20. The summed E-state index contributed by atoms with van der Waals surface area (Å²) < 4.78 is 10.2. The van der Waals surface area contributed by atoms with E-state index in [1.165, 1.54) is 13.3 Å². The van der Waals surface area contributed by atoms with Crippen molar-refractivity contribution in [2.75, 3.05) is 12.4 Å². The molecule has 0 saturated carbocycles. The molecule has 2 heterocycles. The van der Waals surface area contributed by atoms with E-state index in [1.54, 1.807) is 25.1 Å². The maximum Gasteiger partial charge on any atom is 0.349 e. The monoisotopic (exact) mass is 350 g/mol. The van der Waals surface area contributed by atoms with E-state index in [1.807, 2.05) is 0 Å². The number of nitrogens with one attached hydrogen (secondary N) is 1. The summed E-state index contributed by atoms with van der Waals surface area (Å²) in [5, 5.41) is 4.23. The van der Waals surface area contributed by atoms with Crippen molar-refractivity contribution in [2.45, 2.75) is 6.92 Å². The van der Waals surface area contributed by atoms with Crippen LogP contribution in [0.25, 0.3) is 11.0 Å². The van der Waals surface area contributed by atoms with Crippen LogP contribution in [0.2, 0.25) is 5.02 Å². The molecule has 23 heavy (non-hydrogen) atoms. The van der Waals surface area contributed by atoms with Crippen LogP contribution in [0.4, 0.5) is 5.13 Å². The number of esters is 1. The van der Waals surface area contributed by atoms with Gasteiger partial charge in [-0.2, -0.15) is 0 Å². The number of carbonyl (C=O) groups is 2. The molecule has 0 aliphatic carbocycles. The number of fused-ring (bicyclic) bond motifs is 1. The highest BCUT2D eigenvalue weighted by atomic mass is 35.5. The number of halogens is 1. The number of ether oxygens (including phenoxy) is 1. The topological polar surface area (TPSA) is 81.4 Å². The van der Waals surface area contributed by atoms with Crippen LogP contribution in [0.1, 0.15) is 25.8 Å². The molecule has 3 aromatic rings. The maximum absolute atomic E-state index is 12.4. The summed E-state index contributed by atoms with van der Waals surface area (Å²) in [7, 11) is 1.28. The van der Waals surface area contributed by atoms with Gasteiger partial charge in [0.05, 0.1) is 13.3 Å². The third-order valence-corrected chi connectivity index (χ3v) is 4.35. The number of furan rings is 1. The molecule has 118 valence electrons. The molecule has 3 rings (SSSR count). The van der Waals surface area contributed by atoms with Gasteiger partial charge in [0, 0.05) is 16.0 Å². The fourth-order valence-corrected chi connectivity index (χ4v) is 2.99. The van der Waals surface area contributed by atoms with Gasteiger partial charge in [0.25, 0.3) is 5.91 Å². The lowest BCUT2D eigenvalue weighted by Crippen LogP contribution is -2.11. The number of thiazole rings is 1. The van der Waals surface area contributed by atoms with Gasteiger partial charge in [-0.1, -0.05) is 22.9 Å². The van der Waals surface area contributed by atoms with Crippen molar-refractivity contribution >= 4 is 50.9 Å². The van der Waals surface area contributed by atoms with Gasteiger partial charge in [-0.25, -0.2) is 9.78 Å². The van der Waals surface area contributed by atoms with Crippen LogP contribution < -0.4 is 5.32 Å². The Hall–Kier alpha value is -2.38. The van der Waals surface area contributed by atoms with E-state index in [2.05, 4.69) is 15.0 Å². The lowest BCUT2D eigenvalue weighted by molar-refractivity contribution is 0.0606. The summed E-state index contributed by atoms with van der Waals surface area (Å²) in [5.41, 5.74) is 1.26. The summed E-state index contributed by atoms with van der Waals surface area (Å²) in [6.45, 7) is 1.78. The highest BCUT2D eigenvalue weighted by Crippen LogP contribution is 2.29. The quantitative estimate of drug-likeness (QED) is 0.725. The Morgan fingerprint density at radius 3 is 2.91 bits per heavy atom. The fraction of sp³-hybridized carbons (Fsp3) is 0.133. The Labute approximate surface area is 140 Å².